The topological polar surface area (TPSA) is 81.4 Å². The van der Waals surface area contributed by atoms with E-state index < -0.39 is 17.6 Å². The smallest absolute Gasteiger partial charge is 0.412 e. The molecule has 1 aromatic carbocycles. The maximum Gasteiger partial charge on any atom is 0.412 e. The second kappa shape index (κ2) is 4.86. The summed E-state index contributed by atoms with van der Waals surface area (Å²) in [5.41, 5.74) is 5.23. The first-order chi connectivity index (χ1) is 7.78. The second-order valence-corrected chi connectivity index (χ2v) is 4.50. The van der Waals surface area contributed by atoms with Gasteiger partial charge in [-0.2, -0.15) is 0 Å². The van der Waals surface area contributed by atoms with Gasteiger partial charge in [0.15, 0.2) is 0 Å². The second-order valence-electron chi connectivity index (χ2n) is 4.50. The first kappa shape index (κ1) is 13.0. The van der Waals surface area contributed by atoms with Gasteiger partial charge in [0.1, 0.15) is 5.60 Å². The Labute approximate surface area is 99.9 Å². The summed E-state index contributed by atoms with van der Waals surface area (Å²) >= 11 is 0. The molecule has 91 valence electrons. The molecule has 0 bridgehead atoms. The third-order valence-corrected chi connectivity index (χ3v) is 1.72. The van der Waals surface area contributed by atoms with Gasteiger partial charge < -0.3 is 10.5 Å². The number of carbonyl (C=O) groups is 2. The summed E-state index contributed by atoms with van der Waals surface area (Å²) in [4.78, 5) is 22.4. The minimum Gasteiger partial charge on any atom is -0.444 e. The fraction of sp³-hybridized carbons (Fsp3) is 0.333. The molecule has 0 aliphatic rings. The summed E-state index contributed by atoms with van der Waals surface area (Å²) in [5, 5.41) is 2.49. The van der Waals surface area contributed by atoms with Crippen LogP contribution in [0.3, 0.4) is 0 Å². The van der Waals surface area contributed by atoms with Gasteiger partial charge >= 0.3 is 6.09 Å². The zero-order valence-electron chi connectivity index (χ0n) is 10.0. The lowest BCUT2D eigenvalue weighted by molar-refractivity contribution is 0.0635. The molecular formula is C12H15N2O3. The molecule has 0 aliphatic carbocycles. The molecule has 0 spiro atoms. The number of anilines is 1. The average molecular weight is 235 g/mol. The van der Waals surface area contributed by atoms with Gasteiger partial charge in [-0.1, -0.05) is 0 Å². The van der Waals surface area contributed by atoms with E-state index in [1.807, 2.05) is 0 Å². The summed E-state index contributed by atoms with van der Waals surface area (Å²) in [5.74, 6) is -0.575. The summed E-state index contributed by atoms with van der Waals surface area (Å²) in [6.07, 6.45) is -0.590. The van der Waals surface area contributed by atoms with Crippen molar-refractivity contribution < 1.29 is 14.3 Å². The van der Waals surface area contributed by atoms with Crippen LogP contribution in [0.1, 0.15) is 31.1 Å². The number of nitrogens with one attached hydrogen (secondary N) is 1. The molecule has 0 saturated carbocycles. The SMILES string of the molecule is CC(C)(C)OC(=O)Nc1c[c]cc(C(N)=O)c1. The van der Waals surface area contributed by atoms with Crippen LogP contribution in [0.2, 0.25) is 0 Å². The summed E-state index contributed by atoms with van der Waals surface area (Å²) in [6.45, 7) is 5.29. The number of benzene rings is 1. The Morgan fingerprint density at radius 2 is 2.00 bits per heavy atom. The van der Waals surface area contributed by atoms with Crippen molar-refractivity contribution in [2.24, 2.45) is 5.73 Å². The third-order valence-electron chi connectivity index (χ3n) is 1.72. The zero-order valence-corrected chi connectivity index (χ0v) is 10.0. The molecule has 0 heterocycles. The van der Waals surface area contributed by atoms with E-state index in [0.717, 1.165) is 0 Å². The van der Waals surface area contributed by atoms with E-state index in [4.69, 9.17) is 10.5 Å². The third kappa shape index (κ3) is 4.55. The summed E-state index contributed by atoms with van der Waals surface area (Å²) < 4.78 is 5.06. The molecule has 1 radical (unpaired) electrons. The van der Waals surface area contributed by atoms with Crippen LogP contribution in [-0.2, 0) is 4.74 Å². The minimum absolute atomic E-state index is 0.276. The minimum atomic E-state index is -0.590. The molecule has 5 nitrogen and oxygen atoms in total. The number of carbonyl (C=O) groups excluding carboxylic acids is 2. The van der Waals surface area contributed by atoms with E-state index in [-0.39, 0.29) is 5.56 Å². The molecule has 0 saturated heterocycles. The Bertz CT molecular complexity index is 436. The van der Waals surface area contributed by atoms with Gasteiger partial charge in [0.05, 0.1) is 0 Å². The Hall–Kier alpha value is -2.04. The fourth-order valence-electron chi connectivity index (χ4n) is 1.11. The van der Waals surface area contributed by atoms with E-state index in [0.29, 0.717) is 5.69 Å². The van der Waals surface area contributed by atoms with Gasteiger partial charge in [-0.3, -0.25) is 10.1 Å². The van der Waals surface area contributed by atoms with Crippen LogP contribution in [0.5, 0.6) is 0 Å². The lowest BCUT2D eigenvalue weighted by atomic mass is 10.2. The number of rotatable bonds is 2. The van der Waals surface area contributed by atoms with Crippen molar-refractivity contribution in [3.63, 3.8) is 0 Å². The number of ether oxygens (including phenoxy) is 1. The molecule has 17 heavy (non-hydrogen) atoms. The first-order valence-corrected chi connectivity index (χ1v) is 5.09. The highest BCUT2D eigenvalue weighted by atomic mass is 16.6. The quantitative estimate of drug-likeness (QED) is 0.821. The summed E-state index contributed by atoms with van der Waals surface area (Å²) in [6, 6.07) is 7.14. The van der Waals surface area contributed by atoms with Crippen molar-refractivity contribution in [1.82, 2.24) is 0 Å². The Kier molecular flexibility index (Phi) is 3.73. The van der Waals surface area contributed by atoms with E-state index >= 15 is 0 Å². The Morgan fingerprint density at radius 1 is 1.35 bits per heavy atom. The maximum absolute atomic E-state index is 11.4. The number of nitrogens with two attached hydrogens (primary N) is 1. The van der Waals surface area contributed by atoms with Crippen molar-refractivity contribution in [3.05, 3.63) is 29.8 Å². The number of hydrogen-bond donors (Lipinski definition) is 2. The molecule has 0 aliphatic heterocycles. The standard InChI is InChI=1S/C12H15N2O3/c1-12(2,3)17-11(16)14-9-6-4-5-8(7-9)10(13)15/h5-7H,1-3H3,(H2,13,15)(H,14,16). The molecule has 0 aromatic heterocycles. The lowest BCUT2D eigenvalue weighted by Gasteiger charge is -2.19. The highest BCUT2D eigenvalue weighted by molar-refractivity contribution is 5.95. The Morgan fingerprint density at radius 3 is 2.53 bits per heavy atom. The predicted molar refractivity (Wildman–Crippen MR) is 63.7 cm³/mol. The number of hydrogen-bond acceptors (Lipinski definition) is 3. The predicted octanol–water partition coefficient (Wildman–Crippen LogP) is 1.93. The highest BCUT2D eigenvalue weighted by Crippen LogP contribution is 2.13. The number of primary amides is 1. The van der Waals surface area contributed by atoms with E-state index in [2.05, 4.69) is 11.4 Å². The lowest BCUT2D eigenvalue weighted by Crippen LogP contribution is -2.27. The van der Waals surface area contributed by atoms with Gasteiger partial charge in [-0.25, -0.2) is 4.79 Å². The van der Waals surface area contributed by atoms with Crippen LogP contribution >= 0.6 is 0 Å². The highest BCUT2D eigenvalue weighted by Gasteiger charge is 2.16. The van der Waals surface area contributed by atoms with Crippen molar-refractivity contribution >= 4 is 17.7 Å². The molecular weight excluding hydrogens is 220 g/mol. The van der Waals surface area contributed by atoms with Gasteiger partial charge in [0.2, 0.25) is 5.91 Å². The average Bonchev–Trinajstić information content (AvgIpc) is 2.14. The molecule has 5 heteroatoms. The van der Waals surface area contributed by atoms with Crippen molar-refractivity contribution in [2.45, 2.75) is 26.4 Å². The molecule has 3 N–H and O–H groups in total. The number of amides is 2. The molecule has 0 fully saturated rings. The van der Waals surface area contributed by atoms with Gasteiger partial charge in [0.25, 0.3) is 0 Å². The monoisotopic (exact) mass is 235 g/mol. The van der Waals surface area contributed by atoms with E-state index in [1.54, 1.807) is 20.8 Å². The van der Waals surface area contributed by atoms with E-state index in [9.17, 15) is 9.59 Å². The normalized spacial score (nSPS) is 10.8. The Balaban J connectivity index is 2.72. The van der Waals surface area contributed by atoms with Crippen LogP contribution < -0.4 is 11.1 Å². The maximum atomic E-state index is 11.4. The molecule has 1 aromatic rings. The molecule has 2 amide bonds. The first-order valence-electron chi connectivity index (χ1n) is 5.09. The van der Waals surface area contributed by atoms with Gasteiger partial charge in [-0.15, -0.1) is 0 Å². The molecule has 1 rings (SSSR count). The van der Waals surface area contributed by atoms with Crippen LogP contribution in [0.15, 0.2) is 18.2 Å². The zero-order chi connectivity index (χ0) is 13.1. The largest absolute Gasteiger partial charge is 0.444 e. The van der Waals surface area contributed by atoms with Crippen LogP contribution in [0, 0.1) is 6.07 Å². The van der Waals surface area contributed by atoms with Crippen molar-refractivity contribution in [3.8, 4) is 0 Å². The van der Waals surface area contributed by atoms with Crippen LogP contribution in [0.4, 0.5) is 10.5 Å². The van der Waals surface area contributed by atoms with E-state index in [1.165, 1.54) is 18.2 Å². The molecule has 0 atom stereocenters. The molecule has 0 unspecified atom stereocenters. The summed E-state index contributed by atoms with van der Waals surface area (Å²) in [7, 11) is 0. The van der Waals surface area contributed by atoms with Crippen LogP contribution in [-0.4, -0.2) is 17.6 Å². The van der Waals surface area contributed by atoms with Crippen molar-refractivity contribution in [1.29, 1.82) is 0 Å². The van der Waals surface area contributed by atoms with Crippen LogP contribution in [0.25, 0.3) is 0 Å². The van der Waals surface area contributed by atoms with Gasteiger partial charge in [-0.05, 0) is 45.0 Å². The fourth-order valence-corrected chi connectivity index (χ4v) is 1.11. The van der Waals surface area contributed by atoms with Gasteiger partial charge in [0, 0.05) is 11.3 Å². The van der Waals surface area contributed by atoms with Crippen molar-refractivity contribution in [2.75, 3.05) is 5.32 Å².